The van der Waals surface area contributed by atoms with Crippen molar-refractivity contribution in [1.29, 1.82) is 0 Å². The largest absolute Gasteiger partial charge is 1.00 e. The molecule has 0 bridgehead atoms. The van der Waals surface area contributed by atoms with Gasteiger partial charge in [-0.15, -0.1) is 0 Å². The molecule has 0 radical (unpaired) electrons. The van der Waals surface area contributed by atoms with E-state index in [-0.39, 0.29) is 24.0 Å². The normalized spacial score (nSPS) is 10.3. The van der Waals surface area contributed by atoms with E-state index in [1.165, 1.54) is 16.7 Å². The third-order valence-corrected chi connectivity index (χ3v) is 2.83. The summed E-state index contributed by atoms with van der Waals surface area (Å²) in [7, 11) is 0. The molecule has 1 nitrogen and oxygen atoms in total. The van der Waals surface area contributed by atoms with Crippen LogP contribution in [-0.2, 0) is 6.54 Å². The summed E-state index contributed by atoms with van der Waals surface area (Å²) >= 11 is 0. The minimum atomic E-state index is 0. The molecule has 1 aromatic carbocycles. The van der Waals surface area contributed by atoms with Gasteiger partial charge in [0.15, 0.2) is 12.4 Å². The van der Waals surface area contributed by atoms with Gasteiger partial charge in [0.25, 0.3) is 0 Å². The molecule has 0 fully saturated rings. The molecule has 0 atom stereocenters. The lowest BCUT2D eigenvalue weighted by Gasteiger charge is -1.95. The Labute approximate surface area is 126 Å². The van der Waals surface area contributed by atoms with Crippen LogP contribution in [0.15, 0.2) is 48.8 Å². The van der Waals surface area contributed by atoms with E-state index in [1.807, 2.05) is 0 Å². The molecule has 0 spiro atoms. The van der Waals surface area contributed by atoms with Crippen molar-refractivity contribution in [2.24, 2.45) is 0 Å². The molecular formula is C16H18IN. The molecule has 0 aliphatic rings. The Morgan fingerprint density at radius 2 is 1.39 bits per heavy atom. The molecule has 2 aromatic rings. The molecule has 18 heavy (non-hydrogen) atoms. The molecule has 94 valence electrons. The van der Waals surface area contributed by atoms with E-state index < -0.39 is 0 Å². The highest BCUT2D eigenvalue weighted by molar-refractivity contribution is 5.69. The van der Waals surface area contributed by atoms with E-state index in [9.17, 15) is 0 Å². The zero-order chi connectivity index (χ0) is 12.1. The number of halogens is 1. The Morgan fingerprint density at radius 1 is 0.889 bits per heavy atom. The highest BCUT2D eigenvalue weighted by Gasteiger charge is 1.94. The number of hydrogen-bond acceptors (Lipinski definition) is 0. The third kappa shape index (κ3) is 4.26. The van der Waals surface area contributed by atoms with Crippen molar-refractivity contribution in [1.82, 2.24) is 0 Å². The summed E-state index contributed by atoms with van der Waals surface area (Å²) < 4.78 is 2.16. The standard InChI is InChI=1S/C16H18N.HI/c1-3-17-12-10-16(11-13-17)9-8-15-6-4-14(2)5-7-15;/h4-13H,3H2,1-2H3;1H/q+1;/p-1/b9-8+;. The predicted molar refractivity (Wildman–Crippen MR) is 72.4 cm³/mol. The Morgan fingerprint density at radius 3 is 1.89 bits per heavy atom. The van der Waals surface area contributed by atoms with Gasteiger partial charge in [-0.25, -0.2) is 4.57 Å². The van der Waals surface area contributed by atoms with Gasteiger partial charge < -0.3 is 24.0 Å². The van der Waals surface area contributed by atoms with Gasteiger partial charge in [-0.2, -0.15) is 0 Å². The van der Waals surface area contributed by atoms with Crippen molar-refractivity contribution >= 4 is 12.2 Å². The number of nitrogens with zero attached hydrogens (tertiary/aromatic N) is 1. The van der Waals surface area contributed by atoms with Gasteiger partial charge in [0.2, 0.25) is 0 Å². The number of aromatic nitrogens is 1. The van der Waals surface area contributed by atoms with Crippen molar-refractivity contribution in [2.45, 2.75) is 20.4 Å². The summed E-state index contributed by atoms with van der Waals surface area (Å²) in [4.78, 5) is 0. The van der Waals surface area contributed by atoms with Gasteiger partial charge >= 0.3 is 0 Å². The third-order valence-electron chi connectivity index (χ3n) is 2.83. The van der Waals surface area contributed by atoms with Crippen LogP contribution in [-0.4, -0.2) is 0 Å². The van der Waals surface area contributed by atoms with Crippen molar-refractivity contribution in [2.75, 3.05) is 0 Å². The van der Waals surface area contributed by atoms with E-state index in [0.29, 0.717) is 0 Å². The van der Waals surface area contributed by atoms with Crippen molar-refractivity contribution in [3.63, 3.8) is 0 Å². The maximum Gasteiger partial charge on any atom is 0.169 e. The van der Waals surface area contributed by atoms with E-state index in [2.05, 4.69) is 79.4 Å². The van der Waals surface area contributed by atoms with Crippen LogP contribution >= 0.6 is 0 Å². The smallest absolute Gasteiger partial charge is 0.169 e. The molecule has 1 heterocycles. The van der Waals surface area contributed by atoms with Crippen LogP contribution in [0, 0.1) is 6.92 Å². The maximum atomic E-state index is 2.16. The Balaban J connectivity index is 0.00000162. The van der Waals surface area contributed by atoms with E-state index in [0.717, 1.165) is 6.54 Å². The van der Waals surface area contributed by atoms with Crippen molar-refractivity contribution in [3.05, 3.63) is 65.5 Å². The average molecular weight is 351 g/mol. The lowest BCUT2D eigenvalue weighted by Crippen LogP contribution is -3.00. The van der Waals surface area contributed by atoms with Crippen LogP contribution in [0.4, 0.5) is 0 Å². The van der Waals surface area contributed by atoms with Crippen LogP contribution in [0.1, 0.15) is 23.6 Å². The van der Waals surface area contributed by atoms with Gasteiger partial charge in [0.05, 0.1) is 0 Å². The van der Waals surface area contributed by atoms with Gasteiger partial charge in [-0.05, 0) is 25.0 Å². The first-order chi connectivity index (χ1) is 8.28. The van der Waals surface area contributed by atoms with Crippen molar-refractivity contribution in [3.8, 4) is 0 Å². The lowest BCUT2D eigenvalue weighted by atomic mass is 10.1. The maximum absolute atomic E-state index is 2.16. The molecule has 0 saturated heterocycles. The number of aryl methyl sites for hydroxylation is 2. The number of rotatable bonds is 3. The SMILES string of the molecule is CC[n+]1ccc(/C=C/c2ccc(C)cc2)cc1.[I-]. The van der Waals surface area contributed by atoms with Gasteiger partial charge in [0, 0.05) is 12.1 Å². The molecular weight excluding hydrogens is 333 g/mol. The quantitative estimate of drug-likeness (QED) is 0.560. The highest BCUT2D eigenvalue weighted by atomic mass is 127. The number of hydrogen-bond donors (Lipinski definition) is 0. The molecule has 0 saturated carbocycles. The van der Waals surface area contributed by atoms with Crippen LogP contribution in [0.25, 0.3) is 12.2 Å². The minimum absolute atomic E-state index is 0. The van der Waals surface area contributed by atoms with E-state index in [1.54, 1.807) is 0 Å². The Kier molecular flexibility index (Phi) is 6.05. The first-order valence-electron chi connectivity index (χ1n) is 6.02. The first-order valence-corrected chi connectivity index (χ1v) is 6.02. The second-order valence-corrected chi connectivity index (χ2v) is 4.21. The monoisotopic (exact) mass is 351 g/mol. The summed E-state index contributed by atoms with van der Waals surface area (Å²) in [6, 6.07) is 12.8. The van der Waals surface area contributed by atoms with Gasteiger partial charge in [0.1, 0.15) is 6.54 Å². The fourth-order valence-corrected chi connectivity index (χ4v) is 1.66. The molecule has 0 N–H and O–H groups in total. The Bertz CT molecular complexity index is 498. The molecule has 0 aliphatic carbocycles. The molecule has 2 heteroatoms. The molecule has 0 unspecified atom stereocenters. The summed E-state index contributed by atoms with van der Waals surface area (Å²) in [5.41, 5.74) is 3.77. The lowest BCUT2D eigenvalue weighted by molar-refractivity contribution is -0.693. The summed E-state index contributed by atoms with van der Waals surface area (Å²) in [6.07, 6.45) is 8.50. The fraction of sp³-hybridized carbons (Fsp3) is 0.188. The fourth-order valence-electron chi connectivity index (χ4n) is 1.66. The average Bonchev–Trinajstić information content (AvgIpc) is 2.39. The van der Waals surface area contributed by atoms with Crippen LogP contribution in [0.3, 0.4) is 0 Å². The second kappa shape index (κ2) is 7.31. The minimum Gasteiger partial charge on any atom is -1.00 e. The molecule has 2 rings (SSSR count). The zero-order valence-electron chi connectivity index (χ0n) is 10.8. The second-order valence-electron chi connectivity index (χ2n) is 4.21. The number of pyridine rings is 1. The first kappa shape index (κ1) is 14.9. The van der Waals surface area contributed by atoms with Crippen molar-refractivity contribution < 1.29 is 28.5 Å². The summed E-state index contributed by atoms with van der Waals surface area (Å²) in [6.45, 7) is 5.26. The predicted octanol–water partition coefficient (Wildman–Crippen LogP) is 0.477. The molecule has 1 aromatic heterocycles. The molecule has 0 aliphatic heterocycles. The van der Waals surface area contributed by atoms with E-state index >= 15 is 0 Å². The highest BCUT2D eigenvalue weighted by Crippen LogP contribution is 2.08. The van der Waals surface area contributed by atoms with Crippen LogP contribution in [0.2, 0.25) is 0 Å². The number of benzene rings is 1. The van der Waals surface area contributed by atoms with Gasteiger partial charge in [-0.1, -0.05) is 42.0 Å². The van der Waals surface area contributed by atoms with Crippen LogP contribution in [0.5, 0.6) is 0 Å². The van der Waals surface area contributed by atoms with Crippen LogP contribution < -0.4 is 28.5 Å². The topological polar surface area (TPSA) is 3.88 Å². The van der Waals surface area contributed by atoms with E-state index in [4.69, 9.17) is 0 Å². The summed E-state index contributed by atoms with van der Waals surface area (Å²) in [5, 5.41) is 0. The zero-order valence-corrected chi connectivity index (χ0v) is 13.0. The summed E-state index contributed by atoms with van der Waals surface area (Å²) in [5.74, 6) is 0. The molecule has 0 amide bonds. The van der Waals surface area contributed by atoms with Gasteiger partial charge in [-0.3, -0.25) is 0 Å². The Hall–Kier alpha value is -1.16.